The van der Waals surface area contributed by atoms with Crippen molar-refractivity contribution >= 4 is 57.9 Å². The number of nitrogens with zero attached hydrogens (tertiary/aromatic N) is 6. The third kappa shape index (κ3) is 5.85. The standard InChI is InChI=1S/C34H25ClFN9O4/c35-26-11-12-28(45-17-38-42-43-45)25(30(26)36)10-13-29(46)44-15-14-22-21(19-6-9-24-27(16-19)40-41-32(24)37)2-1-3-23(22)31(44)33(47)39-20-7-4-18(5-8-20)34(48)49/h1-13,16-17,31H,14-15H2,(H,39,47)(H,48,49)(H3,37,40,41)/b13-10+. The molecule has 3 heterocycles. The molecule has 2 aromatic heterocycles. The van der Waals surface area contributed by atoms with Gasteiger partial charge in [-0.25, -0.2) is 9.18 Å². The number of nitrogens with one attached hydrogen (secondary N) is 2. The molecule has 0 fully saturated rings. The molecule has 2 amide bonds. The number of carboxylic acids is 1. The van der Waals surface area contributed by atoms with Crippen LogP contribution in [0.3, 0.4) is 0 Å². The number of halogens is 2. The van der Waals surface area contributed by atoms with Gasteiger partial charge in [0.2, 0.25) is 5.91 Å². The number of aromatic carboxylic acids is 1. The van der Waals surface area contributed by atoms with Crippen LogP contribution in [0.5, 0.6) is 0 Å². The van der Waals surface area contributed by atoms with E-state index in [0.717, 1.165) is 27.6 Å². The Hall–Kier alpha value is -6.41. The lowest BCUT2D eigenvalue weighted by Crippen LogP contribution is -2.45. The van der Waals surface area contributed by atoms with Gasteiger partial charge < -0.3 is 21.1 Å². The highest BCUT2D eigenvalue weighted by molar-refractivity contribution is 6.31. The fourth-order valence-corrected chi connectivity index (χ4v) is 6.18. The van der Waals surface area contributed by atoms with Gasteiger partial charge in [-0.2, -0.15) is 9.78 Å². The number of tetrazole rings is 1. The lowest BCUT2D eigenvalue weighted by Gasteiger charge is -2.36. The fraction of sp³-hybridized carbons (Fsp3) is 0.0882. The van der Waals surface area contributed by atoms with Crippen molar-refractivity contribution in [2.75, 3.05) is 17.6 Å². The van der Waals surface area contributed by atoms with E-state index in [-0.39, 0.29) is 28.4 Å². The predicted octanol–water partition coefficient (Wildman–Crippen LogP) is 5.06. The van der Waals surface area contributed by atoms with E-state index >= 15 is 4.39 Å². The summed E-state index contributed by atoms with van der Waals surface area (Å²) in [4.78, 5) is 40.8. The maximum atomic E-state index is 15.3. The number of H-pyrrole nitrogens is 1. The van der Waals surface area contributed by atoms with E-state index in [1.165, 1.54) is 64.5 Å². The molecule has 6 aromatic rings. The molecule has 0 saturated heterocycles. The minimum Gasteiger partial charge on any atom is -0.478 e. The molecule has 4 aromatic carbocycles. The molecule has 1 aliphatic heterocycles. The van der Waals surface area contributed by atoms with E-state index < -0.39 is 29.6 Å². The van der Waals surface area contributed by atoms with Crippen LogP contribution in [-0.2, 0) is 16.0 Å². The summed E-state index contributed by atoms with van der Waals surface area (Å²) < 4.78 is 16.5. The van der Waals surface area contributed by atoms with E-state index in [9.17, 15) is 19.5 Å². The highest BCUT2D eigenvalue weighted by Crippen LogP contribution is 2.38. The lowest BCUT2D eigenvalue weighted by atomic mass is 9.85. The number of benzene rings is 4. The van der Waals surface area contributed by atoms with Crippen LogP contribution >= 0.6 is 11.6 Å². The van der Waals surface area contributed by atoms with Crippen LogP contribution in [-0.4, -0.2) is 64.7 Å². The topological polar surface area (TPSA) is 185 Å². The first kappa shape index (κ1) is 31.2. The molecule has 49 heavy (non-hydrogen) atoms. The zero-order chi connectivity index (χ0) is 34.2. The molecule has 15 heteroatoms. The van der Waals surface area contributed by atoms with Crippen LogP contribution in [0.25, 0.3) is 33.8 Å². The Balaban J connectivity index is 1.27. The predicted molar refractivity (Wildman–Crippen MR) is 179 cm³/mol. The number of carbonyl (C=O) groups is 3. The van der Waals surface area contributed by atoms with Crippen LogP contribution in [0.4, 0.5) is 15.9 Å². The highest BCUT2D eigenvalue weighted by atomic mass is 35.5. The maximum Gasteiger partial charge on any atom is 0.335 e. The van der Waals surface area contributed by atoms with Crippen molar-refractivity contribution in [3.63, 3.8) is 0 Å². The number of carboxylic acid groups (broad SMARTS) is 1. The molecule has 0 spiro atoms. The molecule has 0 aliphatic carbocycles. The van der Waals surface area contributed by atoms with Crippen molar-refractivity contribution < 1.29 is 23.9 Å². The van der Waals surface area contributed by atoms with Crippen molar-refractivity contribution in [1.82, 2.24) is 35.3 Å². The smallest absolute Gasteiger partial charge is 0.335 e. The Kier molecular flexibility index (Phi) is 8.06. The molecule has 5 N–H and O–H groups in total. The molecule has 13 nitrogen and oxygen atoms in total. The molecule has 1 aliphatic rings. The van der Waals surface area contributed by atoms with Gasteiger partial charge in [-0.15, -0.1) is 5.10 Å². The van der Waals surface area contributed by atoms with E-state index in [2.05, 4.69) is 31.0 Å². The van der Waals surface area contributed by atoms with E-state index in [1.807, 2.05) is 30.3 Å². The van der Waals surface area contributed by atoms with Gasteiger partial charge in [0.1, 0.15) is 12.4 Å². The summed E-state index contributed by atoms with van der Waals surface area (Å²) in [5.74, 6) is -2.58. The zero-order valence-corrected chi connectivity index (χ0v) is 26.1. The average Bonchev–Trinajstić information content (AvgIpc) is 3.78. The lowest BCUT2D eigenvalue weighted by molar-refractivity contribution is -0.135. The van der Waals surface area contributed by atoms with Gasteiger partial charge in [-0.1, -0.05) is 35.9 Å². The summed E-state index contributed by atoms with van der Waals surface area (Å²) in [6.45, 7) is 0.153. The highest BCUT2D eigenvalue weighted by Gasteiger charge is 2.36. The first-order chi connectivity index (χ1) is 23.7. The van der Waals surface area contributed by atoms with Crippen molar-refractivity contribution in [3.8, 4) is 16.8 Å². The molecule has 7 rings (SSSR count). The zero-order valence-electron chi connectivity index (χ0n) is 25.3. The number of aromatic nitrogens is 6. The summed E-state index contributed by atoms with van der Waals surface area (Å²) in [6.07, 6.45) is 4.14. The quantitative estimate of drug-likeness (QED) is 0.168. The van der Waals surface area contributed by atoms with Crippen LogP contribution in [0, 0.1) is 5.82 Å². The van der Waals surface area contributed by atoms with Crippen LogP contribution < -0.4 is 11.1 Å². The Morgan fingerprint density at radius 1 is 1.08 bits per heavy atom. The number of aromatic amines is 1. The van der Waals surface area contributed by atoms with E-state index in [0.29, 0.717) is 23.5 Å². The first-order valence-corrected chi connectivity index (χ1v) is 15.3. The SMILES string of the molecule is Nc1n[nH]c2cc(-c3cccc4c3CCN(C(=O)/C=C/c3c(-n5cnnn5)ccc(Cl)c3F)C4C(=O)Nc3ccc(C(=O)O)cc3)ccc12. The molecule has 0 radical (unpaired) electrons. The number of amides is 2. The summed E-state index contributed by atoms with van der Waals surface area (Å²) in [5, 5.41) is 30.8. The monoisotopic (exact) mass is 677 g/mol. The molecular formula is C34H25ClFN9O4. The van der Waals surface area contributed by atoms with Crippen LogP contribution in [0.15, 0.2) is 85.2 Å². The number of nitrogens with two attached hydrogens (primary N) is 1. The van der Waals surface area contributed by atoms with Gasteiger partial charge in [-0.3, -0.25) is 14.7 Å². The van der Waals surface area contributed by atoms with Gasteiger partial charge in [0.25, 0.3) is 5.91 Å². The molecule has 0 bridgehead atoms. The number of rotatable bonds is 7. The molecule has 0 saturated carbocycles. The number of hydrogen-bond donors (Lipinski definition) is 4. The third-order valence-corrected chi connectivity index (χ3v) is 8.65. The minimum absolute atomic E-state index is 0.0257. The maximum absolute atomic E-state index is 15.3. The number of fused-ring (bicyclic) bond motifs is 2. The van der Waals surface area contributed by atoms with E-state index in [1.54, 1.807) is 6.07 Å². The number of hydrogen-bond acceptors (Lipinski definition) is 8. The average molecular weight is 678 g/mol. The minimum atomic E-state index is -1.11. The van der Waals surface area contributed by atoms with Crippen molar-refractivity contribution in [1.29, 1.82) is 0 Å². The second-order valence-electron chi connectivity index (χ2n) is 11.2. The Morgan fingerprint density at radius 3 is 2.65 bits per heavy atom. The molecule has 1 atom stereocenters. The Morgan fingerprint density at radius 2 is 1.90 bits per heavy atom. The number of nitrogen functional groups attached to an aromatic ring is 1. The summed E-state index contributed by atoms with van der Waals surface area (Å²) in [6, 6.07) is 18.7. The number of anilines is 2. The first-order valence-electron chi connectivity index (χ1n) is 14.9. The van der Waals surface area contributed by atoms with Crippen LogP contribution in [0.2, 0.25) is 5.02 Å². The second kappa shape index (κ2) is 12.7. The van der Waals surface area contributed by atoms with Gasteiger partial charge in [0.15, 0.2) is 11.6 Å². The van der Waals surface area contributed by atoms with Crippen molar-refractivity contribution in [3.05, 3.63) is 118 Å². The van der Waals surface area contributed by atoms with E-state index in [4.69, 9.17) is 17.3 Å². The summed E-state index contributed by atoms with van der Waals surface area (Å²) in [7, 11) is 0. The van der Waals surface area contributed by atoms with Gasteiger partial charge >= 0.3 is 5.97 Å². The summed E-state index contributed by atoms with van der Waals surface area (Å²) >= 11 is 6.07. The Bertz CT molecular complexity index is 2290. The number of carbonyl (C=O) groups excluding carboxylic acids is 2. The van der Waals surface area contributed by atoms with Crippen LogP contribution in [0.1, 0.15) is 33.1 Å². The largest absolute Gasteiger partial charge is 0.478 e. The molecular weight excluding hydrogens is 653 g/mol. The van der Waals surface area contributed by atoms with Gasteiger partial charge in [0.05, 0.1) is 21.8 Å². The summed E-state index contributed by atoms with van der Waals surface area (Å²) in [5.41, 5.74) is 10.5. The van der Waals surface area contributed by atoms with Crippen molar-refractivity contribution in [2.45, 2.75) is 12.5 Å². The normalized spacial score (nSPS) is 14.2. The van der Waals surface area contributed by atoms with Gasteiger partial charge in [-0.05, 0) is 93.7 Å². The van der Waals surface area contributed by atoms with Crippen molar-refractivity contribution in [2.24, 2.45) is 0 Å². The Labute approximate surface area is 281 Å². The molecule has 1 unspecified atom stereocenters. The molecule has 244 valence electrons. The fourth-order valence-electron chi connectivity index (χ4n) is 6.01. The van der Waals surface area contributed by atoms with Gasteiger partial charge in [0, 0.05) is 29.3 Å². The second-order valence-corrected chi connectivity index (χ2v) is 11.6. The third-order valence-electron chi connectivity index (χ3n) is 8.35.